The maximum absolute atomic E-state index is 11.8. The van der Waals surface area contributed by atoms with E-state index in [2.05, 4.69) is 0 Å². The summed E-state index contributed by atoms with van der Waals surface area (Å²) in [6.45, 7) is 2.34. The first-order valence-corrected chi connectivity index (χ1v) is 5.36. The number of aliphatic carboxylic acids is 1. The van der Waals surface area contributed by atoms with E-state index in [0.29, 0.717) is 19.4 Å². The summed E-state index contributed by atoms with van der Waals surface area (Å²) in [7, 11) is 0. The third-order valence-electron chi connectivity index (χ3n) is 2.83. The minimum absolute atomic E-state index is 0.232. The molecule has 0 spiro atoms. The monoisotopic (exact) mass is 214 g/mol. The predicted octanol–water partition coefficient (Wildman–Crippen LogP) is 0.189. The summed E-state index contributed by atoms with van der Waals surface area (Å²) in [5.74, 6) is -1.16. The van der Waals surface area contributed by atoms with Crippen LogP contribution < -0.4 is 5.73 Å². The summed E-state index contributed by atoms with van der Waals surface area (Å²) < 4.78 is 0. The van der Waals surface area contributed by atoms with E-state index in [1.54, 1.807) is 0 Å². The summed E-state index contributed by atoms with van der Waals surface area (Å²) in [5, 5.41) is 8.98. The van der Waals surface area contributed by atoms with Crippen LogP contribution in [-0.2, 0) is 9.59 Å². The molecule has 1 aliphatic heterocycles. The van der Waals surface area contributed by atoms with E-state index in [9.17, 15) is 9.59 Å². The number of hydrogen-bond acceptors (Lipinski definition) is 3. The van der Waals surface area contributed by atoms with Crippen molar-refractivity contribution in [1.29, 1.82) is 0 Å². The fourth-order valence-electron chi connectivity index (χ4n) is 1.84. The van der Waals surface area contributed by atoms with Gasteiger partial charge in [0.05, 0.1) is 6.04 Å². The number of amides is 1. The highest BCUT2D eigenvalue weighted by Crippen LogP contribution is 2.18. The lowest BCUT2D eigenvalue weighted by Gasteiger charge is -2.34. The minimum atomic E-state index is -0.925. The molecule has 0 saturated carbocycles. The summed E-state index contributed by atoms with van der Waals surface area (Å²) in [5.41, 5.74) is 5.63. The van der Waals surface area contributed by atoms with E-state index in [1.807, 2.05) is 6.92 Å². The Labute approximate surface area is 89.2 Å². The number of piperidine rings is 1. The number of carbonyl (C=O) groups is 2. The van der Waals surface area contributed by atoms with Gasteiger partial charge in [0.1, 0.15) is 6.04 Å². The van der Waals surface area contributed by atoms with Crippen LogP contribution in [0.5, 0.6) is 0 Å². The van der Waals surface area contributed by atoms with Crippen LogP contribution in [0.2, 0.25) is 0 Å². The van der Waals surface area contributed by atoms with Crippen molar-refractivity contribution >= 4 is 11.9 Å². The van der Waals surface area contributed by atoms with Gasteiger partial charge in [0, 0.05) is 6.54 Å². The van der Waals surface area contributed by atoms with E-state index in [-0.39, 0.29) is 5.91 Å². The molecule has 2 atom stereocenters. The molecule has 0 aromatic rings. The Morgan fingerprint density at radius 1 is 1.53 bits per heavy atom. The first-order chi connectivity index (χ1) is 7.07. The number of rotatable bonds is 3. The summed E-state index contributed by atoms with van der Waals surface area (Å²) in [6, 6.07) is -1.24. The second-order valence-corrected chi connectivity index (χ2v) is 3.90. The molecule has 0 aliphatic carbocycles. The van der Waals surface area contributed by atoms with Crippen molar-refractivity contribution in [2.24, 2.45) is 5.73 Å². The van der Waals surface area contributed by atoms with Gasteiger partial charge in [-0.1, -0.05) is 6.92 Å². The highest BCUT2D eigenvalue weighted by atomic mass is 16.4. The molecule has 1 saturated heterocycles. The van der Waals surface area contributed by atoms with Crippen molar-refractivity contribution in [3.8, 4) is 0 Å². The summed E-state index contributed by atoms with van der Waals surface area (Å²) >= 11 is 0. The Hall–Kier alpha value is -1.10. The minimum Gasteiger partial charge on any atom is -0.480 e. The first-order valence-electron chi connectivity index (χ1n) is 5.36. The molecule has 86 valence electrons. The van der Waals surface area contributed by atoms with Crippen LogP contribution >= 0.6 is 0 Å². The number of carboxylic acid groups (broad SMARTS) is 1. The first kappa shape index (κ1) is 12.0. The number of likely N-dealkylation sites (tertiary alicyclic amines) is 1. The number of carbonyl (C=O) groups excluding carboxylic acids is 1. The van der Waals surface area contributed by atoms with E-state index in [4.69, 9.17) is 10.8 Å². The fraction of sp³-hybridized carbons (Fsp3) is 0.800. The summed E-state index contributed by atoms with van der Waals surface area (Å²) in [4.78, 5) is 24.1. The van der Waals surface area contributed by atoms with E-state index >= 15 is 0 Å². The highest BCUT2D eigenvalue weighted by Gasteiger charge is 2.33. The molecule has 1 heterocycles. The lowest BCUT2D eigenvalue weighted by atomic mass is 10.0. The Morgan fingerprint density at radius 3 is 2.73 bits per heavy atom. The van der Waals surface area contributed by atoms with Gasteiger partial charge >= 0.3 is 5.97 Å². The zero-order chi connectivity index (χ0) is 11.4. The molecule has 0 aromatic heterocycles. The van der Waals surface area contributed by atoms with Crippen LogP contribution in [0.15, 0.2) is 0 Å². The molecule has 1 amide bonds. The van der Waals surface area contributed by atoms with Gasteiger partial charge in [-0.3, -0.25) is 4.79 Å². The van der Waals surface area contributed by atoms with Crippen molar-refractivity contribution in [1.82, 2.24) is 4.90 Å². The topological polar surface area (TPSA) is 83.6 Å². The Balaban J connectivity index is 2.71. The van der Waals surface area contributed by atoms with Crippen molar-refractivity contribution in [2.45, 2.75) is 44.7 Å². The Kier molecular flexibility index (Phi) is 4.08. The molecule has 5 heteroatoms. The third-order valence-corrected chi connectivity index (χ3v) is 2.83. The lowest BCUT2D eigenvalue weighted by molar-refractivity contribution is -0.152. The molecular weight excluding hydrogens is 196 g/mol. The van der Waals surface area contributed by atoms with Crippen LogP contribution in [0, 0.1) is 0 Å². The van der Waals surface area contributed by atoms with Gasteiger partial charge in [-0.2, -0.15) is 0 Å². The predicted molar refractivity (Wildman–Crippen MR) is 55.3 cm³/mol. The van der Waals surface area contributed by atoms with Gasteiger partial charge in [-0.05, 0) is 25.7 Å². The van der Waals surface area contributed by atoms with Gasteiger partial charge in [0.25, 0.3) is 0 Å². The average molecular weight is 214 g/mol. The molecule has 0 bridgehead atoms. The van der Waals surface area contributed by atoms with E-state index in [1.165, 1.54) is 4.90 Å². The molecule has 1 rings (SSSR count). The summed E-state index contributed by atoms with van der Waals surface area (Å²) in [6.07, 6.45) is 2.81. The molecule has 1 fully saturated rings. The number of carboxylic acids is 1. The molecular formula is C10H18N2O3. The van der Waals surface area contributed by atoms with Crippen LogP contribution in [0.1, 0.15) is 32.6 Å². The van der Waals surface area contributed by atoms with Crippen molar-refractivity contribution in [3.63, 3.8) is 0 Å². The van der Waals surface area contributed by atoms with Crippen LogP contribution in [-0.4, -0.2) is 40.5 Å². The van der Waals surface area contributed by atoms with E-state index in [0.717, 1.165) is 12.8 Å². The standard InChI is InChI=1S/C10H18N2O3/c1-2-7(11)9(13)12-6-4-3-5-8(12)10(14)15/h7-8H,2-6,11H2,1H3,(H,14,15)/t7?,8-/m0/s1. The lowest BCUT2D eigenvalue weighted by Crippen LogP contribution is -2.53. The second-order valence-electron chi connectivity index (χ2n) is 3.90. The zero-order valence-electron chi connectivity index (χ0n) is 8.98. The number of hydrogen-bond donors (Lipinski definition) is 2. The van der Waals surface area contributed by atoms with Crippen molar-refractivity contribution in [2.75, 3.05) is 6.54 Å². The van der Waals surface area contributed by atoms with Crippen molar-refractivity contribution < 1.29 is 14.7 Å². The number of nitrogens with zero attached hydrogens (tertiary/aromatic N) is 1. The fourth-order valence-corrected chi connectivity index (χ4v) is 1.84. The smallest absolute Gasteiger partial charge is 0.326 e. The maximum Gasteiger partial charge on any atom is 0.326 e. The molecule has 0 aromatic carbocycles. The van der Waals surface area contributed by atoms with Gasteiger partial charge in [-0.15, -0.1) is 0 Å². The Bertz CT molecular complexity index is 255. The normalized spacial score (nSPS) is 23.6. The molecule has 1 aliphatic rings. The Morgan fingerprint density at radius 2 is 2.20 bits per heavy atom. The van der Waals surface area contributed by atoms with Gasteiger partial charge in [0.15, 0.2) is 0 Å². The quantitative estimate of drug-likeness (QED) is 0.702. The average Bonchev–Trinajstić information content (AvgIpc) is 2.27. The molecule has 0 radical (unpaired) electrons. The second kappa shape index (κ2) is 5.11. The molecule has 3 N–H and O–H groups in total. The maximum atomic E-state index is 11.8. The zero-order valence-corrected chi connectivity index (χ0v) is 8.98. The van der Waals surface area contributed by atoms with Crippen LogP contribution in [0.3, 0.4) is 0 Å². The molecule has 5 nitrogen and oxygen atoms in total. The van der Waals surface area contributed by atoms with Crippen LogP contribution in [0.4, 0.5) is 0 Å². The van der Waals surface area contributed by atoms with E-state index < -0.39 is 18.1 Å². The van der Waals surface area contributed by atoms with Gasteiger partial charge < -0.3 is 15.7 Å². The highest BCUT2D eigenvalue weighted by molar-refractivity contribution is 5.87. The third kappa shape index (κ3) is 2.68. The van der Waals surface area contributed by atoms with Crippen LogP contribution in [0.25, 0.3) is 0 Å². The largest absolute Gasteiger partial charge is 0.480 e. The SMILES string of the molecule is CCC(N)C(=O)N1CCCC[C@H]1C(=O)O. The van der Waals surface area contributed by atoms with Gasteiger partial charge in [0.2, 0.25) is 5.91 Å². The molecule has 15 heavy (non-hydrogen) atoms. The van der Waals surface area contributed by atoms with Crippen molar-refractivity contribution in [3.05, 3.63) is 0 Å². The molecule has 1 unspecified atom stereocenters. The van der Waals surface area contributed by atoms with Gasteiger partial charge in [-0.25, -0.2) is 4.79 Å². The number of nitrogens with two attached hydrogens (primary N) is 1.